The van der Waals surface area contributed by atoms with Crippen molar-refractivity contribution in [3.63, 3.8) is 0 Å². The van der Waals surface area contributed by atoms with Crippen LogP contribution < -0.4 is 0 Å². The van der Waals surface area contributed by atoms with E-state index in [0.29, 0.717) is 16.0 Å². The minimum atomic E-state index is -1.33. The number of benzene rings is 2. The number of aliphatic hydroxyl groups excluding tert-OH is 1. The molecule has 0 radical (unpaired) electrons. The molecule has 0 saturated carbocycles. The van der Waals surface area contributed by atoms with Gasteiger partial charge in [0.1, 0.15) is 18.3 Å². The molecule has 4 heterocycles. The molecule has 18 heteroatoms. The van der Waals surface area contributed by atoms with Gasteiger partial charge in [0, 0.05) is 46.4 Å². The van der Waals surface area contributed by atoms with Crippen LogP contribution in [-0.2, 0) is 27.4 Å². The van der Waals surface area contributed by atoms with Crippen LogP contribution in [0.2, 0.25) is 0 Å². The fraction of sp³-hybridized carbons (Fsp3) is 0.387. The number of rotatable bonds is 11. The lowest BCUT2D eigenvalue weighted by Gasteiger charge is -2.51. The first-order valence-electron chi connectivity index (χ1n) is 15.1. The number of ether oxygens (including phenoxy) is 1. The number of nitrogens with zero attached hydrogens (tertiary/aromatic N) is 6. The Bertz CT molecular complexity index is 1830. The monoisotopic (exact) mass is 694 g/mol. The SMILES string of the molecule is C[C@@H](O)[C@H]1C(=O)N2C(C(=O)O)=C(S[C@H]3C[C@@H](c4ncno4)N(C(=O)OCc4ccc([N+](=O)[O-])cc4)C3)[C@](C)(Cc3ccc([N+](=O)[O-])cc3)[C@H]12. The summed E-state index contributed by atoms with van der Waals surface area (Å²) in [5, 5.41) is 46.5. The van der Waals surface area contributed by atoms with E-state index in [4.69, 9.17) is 9.26 Å². The minimum Gasteiger partial charge on any atom is -0.477 e. The Kier molecular flexibility index (Phi) is 8.84. The molecule has 2 amide bonds. The second kappa shape index (κ2) is 12.9. The summed E-state index contributed by atoms with van der Waals surface area (Å²) in [6.07, 6.45) is -0.166. The summed E-state index contributed by atoms with van der Waals surface area (Å²) in [5.74, 6) is -2.59. The molecule has 3 aliphatic rings. The van der Waals surface area contributed by atoms with Gasteiger partial charge in [-0.15, -0.1) is 11.8 Å². The highest BCUT2D eigenvalue weighted by molar-refractivity contribution is 8.03. The number of aromatic nitrogens is 2. The van der Waals surface area contributed by atoms with Gasteiger partial charge in [0.15, 0.2) is 6.33 Å². The number of carboxylic acid groups (broad SMARTS) is 1. The summed E-state index contributed by atoms with van der Waals surface area (Å²) in [5.41, 5.74) is -0.293. The minimum absolute atomic E-state index is 0.0687. The number of carbonyl (C=O) groups excluding carboxylic acids is 2. The van der Waals surface area contributed by atoms with Crippen molar-refractivity contribution in [2.45, 2.75) is 56.7 Å². The van der Waals surface area contributed by atoms with Crippen LogP contribution in [0.4, 0.5) is 16.2 Å². The lowest BCUT2D eigenvalue weighted by Crippen LogP contribution is -2.66. The van der Waals surface area contributed by atoms with E-state index in [9.17, 15) is 44.8 Å². The molecule has 3 aromatic rings. The molecule has 0 bridgehead atoms. The van der Waals surface area contributed by atoms with Crippen LogP contribution in [0.15, 0.2) is 70.0 Å². The van der Waals surface area contributed by atoms with Crippen LogP contribution in [0.5, 0.6) is 0 Å². The van der Waals surface area contributed by atoms with E-state index in [0.717, 1.165) is 0 Å². The van der Waals surface area contributed by atoms with Gasteiger partial charge >= 0.3 is 12.1 Å². The summed E-state index contributed by atoms with van der Waals surface area (Å²) >= 11 is 1.20. The topological polar surface area (TPSA) is 233 Å². The highest BCUT2D eigenvalue weighted by Crippen LogP contribution is 2.60. The first kappa shape index (κ1) is 33.5. The van der Waals surface area contributed by atoms with Crippen molar-refractivity contribution in [2.75, 3.05) is 6.54 Å². The summed E-state index contributed by atoms with van der Waals surface area (Å²) in [7, 11) is 0. The van der Waals surface area contributed by atoms with Crippen molar-refractivity contribution >= 4 is 41.1 Å². The molecule has 49 heavy (non-hydrogen) atoms. The molecule has 2 fully saturated rings. The Labute approximate surface area is 281 Å². The maximum absolute atomic E-state index is 13.4. The third-order valence-electron chi connectivity index (χ3n) is 9.16. The van der Waals surface area contributed by atoms with E-state index in [1.54, 1.807) is 12.1 Å². The molecule has 3 aliphatic heterocycles. The fourth-order valence-corrected chi connectivity index (χ4v) is 8.52. The second-order valence-electron chi connectivity index (χ2n) is 12.3. The van der Waals surface area contributed by atoms with Crippen LogP contribution in [0.1, 0.15) is 43.3 Å². The largest absolute Gasteiger partial charge is 0.477 e. The van der Waals surface area contributed by atoms with E-state index in [1.807, 2.05) is 6.92 Å². The van der Waals surface area contributed by atoms with Gasteiger partial charge in [-0.25, -0.2) is 9.59 Å². The number of amides is 2. The number of aliphatic carboxylic acids is 1. The van der Waals surface area contributed by atoms with E-state index < -0.39 is 62.6 Å². The van der Waals surface area contributed by atoms with E-state index in [1.165, 1.54) is 71.2 Å². The lowest BCUT2D eigenvalue weighted by atomic mass is 9.67. The zero-order chi connectivity index (χ0) is 35.2. The summed E-state index contributed by atoms with van der Waals surface area (Å²) in [6.45, 7) is 3.18. The van der Waals surface area contributed by atoms with Gasteiger partial charge in [-0.05, 0) is 43.0 Å². The highest BCUT2D eigenvalue weighted by Gasteiger charge is 2.66. The van der Waals surface area contributed by atoms with Crippen molar-refractivity contribution in [3.05, 3.63) is 103 Å². The first-order valence-corrected chi connectivity index (χ1v) is 16.0. The van der Waals surface area contributed by atoms with Gasteiger partial charge in [-0.2, -0.15) is 4.98 Å². The zero-order valence-electron chi connectivity index (χ0n) is 26.1. The first-order chi connectivity index (χ1) is 23.3. The zero-order valence-corrected chi connectivity index (χ0v) is 26.9. The number of nitro benzene ring substituents is 2. The third-order valence-corrected chi connectivity index (χ3v) is 10.7. The Morgan fingerprint density at radius 1 is 1.10 bits per heavy atom. The Balaban J connectivity index is 1.29. The fourth-order valence-electron chi connectivity index (χ4n) is 6.92. The number of nitro groups is 2. The van der Waals surface area contributed by atoms with Crippen LogP contribution >= 0.6 is 11.8 Å². The maximum atomic E-state index is 13.4. The maximum Gasteiger partial charge on any atom is 0.410 e. The molecular formula is C31H30N6O11S. The van der Waals surface area contributed by atoms with E-state index in [2.05, 4.69) is 10.1 Å². The predicted octanol–water partition coefficient (Wildman–Crippen LogP) is 3.84. The van der Waals surface area contributed by atoms with Crippen molar-refractivity contribution < 1.29 is 43.7 Å². The van der Waals surface area contributed by atoms with Gasteiger partial charge in [-0.1, -0.05) is 24.2 Å². The van der Waals surface area contributed by atoms with Crippen molar-refractivity contribution in [1.82, 2.24) is 19.9 Å². The average Bonchev–Trinajstić information content (AvgIpc) is 3.78. The Hall–Kier alpha value is -5.36. The van der Waals surface area contributed by atoms with Gasteiger partial charge < -0.3 is 24.4 Å². The molecule has 2 N–H and O–H groups in total. The standard InChI is InChI=1S/C31H30N6O11S/c1-16(38)23-25-31(2,12-17-3-7-19(8-4-17)36(43)44)26(24(29(40)41)35(25)28(23)39)49-21-11-22(27-32-15-33-48-27)34(13-21)30(42)47-14-18-5-9-20(10-6-18)37(45)46/h3-10,15-16,21-23,25,38H,11-14H2,1-2H3,(H,40,41)/t16-,21+,22+,23-,25+,31-/m1/s1. The molecule has 1 aromatic heterocycles. The van der Waals surface area contributed by atoms with Crippen molar-refractivity contribution in [3.8, 4) is 0 Å². The van der Waals surface area contributed by atoms with Crippen LogP contribution in [0, 0.1) is 31.6 Å². The quantitative estimate of drug-likeness (QED) is 0.165. The van der Waals surface area contributed by atoms with Crippen LogP contribution in [-0.4, -0.2) is 81.9 Å². The van der Waals surface area contributed by atoms with E-state index in [-0.39, 0.29) is 49.0 Å². The molecule has 2 aromatic carbocycles. The molecule has 2 saturated heterocycles. The average molecular weight is 695 g/mol. The number of fused-ring (bicyclic) bond motifs is 1. The summed E-state index contributed by atoms with van der Waals surface area (Å²) in [4.78, 5) is 67.8. The Morgan fingerprint density at radius 2 is 1.71 bits per heavy atom. The number of β-lactam (4-membered cyclic amide) rings is 1. The third kappa shape index (κ3) is 6.08. The lowest BCUT2D eigenvalue weighted by molar-refractivity contribution is -0.385. The van der Waals surface area contributed by atoms with Gasteiger partial charge in [-0.3, -0.25) is 29.9 Å². The van der Waals surface area contributed by atoms with Gasteiger partial charge in [0.05, 0.1) is 27.9 Å². The number of carboxylic acids is 1. The van der Waals surface area contributed by atoms with Crippen LogP contribution in [0.25, 0.3) is 0 Å². The number of hydrogen-bond donors (Lipinski definition) is 2. The highest BCUT2D eigenvalue weighted by atomic mass is 32.2. The number of aliphatic hydroxyl groups is 1. The van der Waals surface area contributed by atoms with Gasteiger partial charge in [0.25, 0.3) is 11.4 Å². The number of hydrogen-bond acceptors (Lipinski definition) is 13. The summed E-state index contributed by atoms with van der Waals surface area (Å²) < 4.78 is 10.8. The second-order valence-corrected chi connectivity index (χ2v) is 13.6. The van der Waals surface area contributed by atoms with E-state index >= 15 is 0 Å². The molecule has 0 aliphatic carbocycles. The number of carbonyl (C=O) groups is 3. The number of thioether (sulfide) groups is 1. The van der Waals surface area contributed by atoms with Gasteiger partial charge in [0.2, 0.25) is 11.8 Å². The smallest absolute Gasteiger partial charge is 0.410 e. The number of likely N-dealkylation sites (tertiary alicyclic amines) is 1. The molecule has 0 spiro atoms. The molecular weight excluding hydrogens is 664 g/mol. The molecule has 17 nitrogen and oxygen atoms in total. The molecule has 0 unspecified atom stereocenters. The molecule has 256 valence electrons. The molecule has 6 atom stereocenters. The normalized spacial score (nSPS) is 25.2. The predicted molar refractivity (Wildman–Crippen MR) is 168 cm³/mol. The summed E-state index contributed by atoms with van der Waals surface area (Å²) in [6, 6.07) is 9.96. The molecule has 6 rings (SSSR count). The number of non-ortho nitro benzene ring substituents is 2. The van der Waals surface area contributed by atoms with Crippen LogP contribution in [0.3, 0.4) is 0 Å². The van der Waals surface area contributed by atoms with Crippen molar-refractivity contribution in [2.24, 2.45) is 11.3 Å². The van der Waals surface area contributed by atoms with Crippen molar-refractivity contribution in [1.29, 1.82) is 0 Å². The Morgan fingerprint density at radius 3 is 2.24 bits per heavy atom.